The van der Waals surface area contributed by atoms with E-state index in [9.17, 15) is 22.8 Å². The summed E-state index contributed by atoms with van der Waals surface area (Å²) in [4.78, 5) is 34.1. The molecule has 1 amide bonds. The molecule has 0 atom stereocenters. The summed E-state index contributed by atoms with van der Waals surface area (Å²) in [6, 6.07) is 8.03. The van der Waals surface area contributed by atoms with Gasteiger partial charge in [0.1, 0.15) is 17.1 Å². The number of para-hydroxylation sites is 1. The number of anilines is 1. The fraction of sp³-hybridized carbons (Fsp3) is 0.0556. The van der Waals surface area contributed by atoms with Gasteiger partial charge in [-0.3, -0.25) is 9.59 Å². The van der Waals surface area contributed by atoms with E-state index >= 15 is 0 Å². The number of halogens is 3. The third-order valence-corrected chi connectivity index (χ3v) is 3.92. The van der Waals surface area contributed by atoms with E-state index < -0.39 is 23.6 Å². The molecule has 0 bridgehead atoms. The van der Waals surface area contributed by atoms with Gasteiger partial charge in [0.25, 0.3) is 11.5 Å². The highest BCUT2D eigenvalue weighted by Crippen LogP contribution is 2.33. The van der Waals surface area contributed by atoms with Crippen LogP contribution in [0.15, 0.2) is 59.9 Å². The second kappa shape index (κ2) is 7.31. The summed E-state index contributed by atoms with van der Waals surface area (Å²) in [5, 5.41) is 6.57. The minimum Gasteiger partial charge on any atom is -0.405 e. The van der Waals surface area contributed by atoms with Gasteiger partial charge in [0.15, 0.2) is 5.65 Å². The molecule has 0 aliphatic heterocycles. The van der Waals surface area contributed by atoms with Crippen LogP contribution in [0, 0.1) is 0 Å². The molecule has 9 nitrogen and oxygen atoms in total. The zero-order valence-electron chi connectivity index (χ0n) is 14.8. The van der Waals surface area contributed by atoms with Crippen molar-refractivity contribution in [2.75, 3.05) is 5.32 Å². The topological polar surface area (TPSA) is 114 Å². The minimum absolute atomic E-state index is 0.104. The lowest BCUT2D eigenvalue weighted by atomic mass is 10.1. The number of fused-ring (bicyclic) bond motifs is 1. The number of H-pyrrole nitrogens is 1. The Labute approximate surface area is 165 Å². The number of alkyl halides is 3. The van der Waals surface area contributed by atoms with Crippen molar-refractivity contribution in [1.29, 1.82) is 0 Å². The first-order chi connectivity index (χ1) is 14.3. The maximum absolute atomic E-state index is 12.7. The summed E-state index contributed by atoms with van der Waals surface area (Å²) < 4.78 is 43.5. The first-order valence-electron chi connectivity index (χ1n) is 8.36. The molecule has 4 rings (SSSR count). The quantitative estimate of drug-likeness (QED) is 0.529. The van der Waals surface area contributed by atoms with Crippen LogP contribution in [0.5, 0.6) is 5.75 Å². The molecule has 0 unspecified atom stereocenters. The largest absolute Gasteiger partial charge is 0.573 e. The SMILES string of the molecule is O=C(Nc1cnn2ccc(-c3ccccc3OC(F)(F)F)nc12)c1cc(=O)[nH]cn1. The number of benzene rings is 1. The van der Waals surface area contributed by atoms with Gasteiger partial charge in [0, 0.05) is 17.8 Å². The maximum Gasteiger partial charge on any atom is 0.573 e. The van der Waals surface area contributed by atoms with Gasteiger partial charge in [0.2, 0.25) is 0 Å². The van der Waals surface area contributed by atoms with Crippen LogP contribution in [0.4, 0.5) is 18.9 Å². The lowest BCUT2D eigenvalue weighted by molar-refractivity contribution is -0.274. The summed E-state index contributed by atoms with van der Waals surface area (Å²) >= 11 is 0. The number of carbonyl (C=O) groups excluding carboxylic acids is 1. The molecule has 0 saturated carbocycles. The van der Waals surface area contributed by atoms with Crippen molar-refractivity contribution in [1.82, 2.24) is 24.6 Å². The van der Waals surface area contributed by atoms with Crippen LogP contribution in [-0.4, -0.2) is 36.8 Å². The molecule has 0 aliphatic carbocycles. The van der Waals surface area contributed by atoms with E-state index in [1.54, 1.807) is 6.07 Å². The van der Waals surface area contributed by atoms with Gasteiger partial charge in [-0.05, 0) is 18.2 Å². The number of ether oxygens (including phenoxy) is 1. The van der Waals surface area contributed by atoms with E-state index in [0.717, 1.165) is 12.4 Å². The lowest BCUT2D eigenvalue weighted by Crippen LogP contribution is -2.18. The number of hydrogen-bond donors (Lipinski definition) is 2. The molecule has 0 spiro atoms. The van der Waals surface area contributed by atoms with E-state index in [2.05, 4.69) is 30.1 Å². The zero-order chi connectivity index (χ0) is 21.3. The molecule has 0 saturated heterocycles. The third kappa shape index (κ3) is 3.97. The number of amides is 1. The number of nitrogens with one attached hydrogen (secondary N) is 2. The summed E-state index contributed by atoms with van der Waals surface area (Å²) in [7, 11) is 0. The van der Waals surface area contributed by atoms with Gasteiger partial charge in [-0.1, -0.05) is 12.1 Å². The van der Waals surface area contributed by atoms with Crippen molar-refractivity contribution in [3.8, 4) is 17.0 Å². The van der Waals surface area contributed by atoms with E-state index in [-0.39, 0.29) is 28.3 Å². The van der Waals surface area contributed by atoms with Crippen molar-refractivity contribution in [2.45, 2.75) is 6.36 Å². The van der Waals surface area contributed by atoms with E-state index in [1.165, 1.54) is 41.2 Å². The van der Waals surface area contributed by atoms with Crippen molar-refractivity contribution < 1.29 is 22.7 Å². The fourth-order valence-corrected chi connectivity index (χ4v) is 2.68. The molecule has 0 fully saturated rings. The van der Waals surface area contributed by atoms with Gasteiger partial charge >= 0.3 is 6.36 Å². The van der Waals surface area contributed by atoms with Crippen LogP contribution in [0.2, 0.25) is 0 Å². The normalized spacial score (nSPS) is 11.4. The molecular formula is C18H11F3N6O3. The van der Waals surface area contributed by atoms with Crippen molar-refractivity contribution >= 4 is 17.2 Å². The summed E-state index contributed by atoms with van der Waals surface area (Å²) in [5.74, 6) is -1.09. The molecule has 12 heteroatoms. The van der Waals surface area contributed by atoms with Crippen LogP contribution >= 0.6 is 0 Å². The van der Waals surface area contributed by atoms with E-state index in [4.69, 9.17) is 0 Å². The van der Waals surface area contributed by atoms with Crippen LogP contribution < -0.4 is 15.6 Å². The Morgan fingerprint density at radius 2 is 2.00 bits per heavy atom. The number of hydrogen-bond acceptors (Lipinski definition) is 6. The Bertz CT molecular complexity index is 1300. The van der Waals surface area contributed by atoms with Gasteiger partial charge in [0.05, 0.1) is 18.2 Å². The van der Waals surface area contributed by atoms with E-state index in [1.807, 2.05) is 0 Å². The highest BCUT2D eigenvalue weighted by Gasteiger charge is 2.32. The molecular weight excluding hydrogens is 405 g/mol. The van der Waals surface area contributed by atoms with Crippen LogP contribution in [-0.2, 0) is 0 Å². The Balaban J connectivity index is 1.71. The second-order valence-corrected chi connectivity index (χ2v) is 5.93. The molecule has 0 aliphatic rings. The predicted molar refractivity (Wildman–Crippen MR) is 97.9 cm³/mol. The van der Waals surface area contributed by atoms with Gasteiger partial charge < -0.3 is 15.0 Å². The minimum atomic E-state index is -4.86. The van der Waals surface area contributed by atoms with Gasteiger partial charge in [-0.15, -0.1) is 13.2 Å². The fourth-order valence-electron chi connectivity index (χ4n) is 2.68. The number of nitrogens with zero attached hydrogens (tertiary/aromatic N) is 4. The Kier molecular flexibility index (Phi) is 4.66. The predicted octanol–water partition coefficient (Wildman–Crippen LogP) is 2.63. The average molecular weight is 416 g/mol. The van der Waals surface area contributed by atoms with E-state index in [0.29, 0.717) is 0 Å². The number of rotatable bonds is 4. The van der Waals surface area contributed by atoms with Crippen LogP contribution in [0.25, 0.3) is 16.9 Å². The van der Waals surface area contributed by atoms with Crippen LogP contribution in [0.3, 0.4) is 0 Å². The molecule has 152 valence electrons. The molecule has 2 N–H and O–H groups in total. The maximum atomic E-state index is 12.7. The number of aromatic nitrogens is 5. The van der Waals surface area contributed by atoms with Gasteiger partial charge in [-0.2, -0.15) is 5.10 Å². The third-order valence-electron chi connectivity index (χ3n) is 3.92. The summed E-state index contributed by atoms with van der Waals surface area (Å²) in [6.07, 6.45) is -0.990. The lowest BCUT2D eigenvalue weighted by Gasteiger charge is -2.13. The summed E-state index contributed by atoms with van der Waals surface area (Å²) in [5.41, 5.74) is 0.000204. The van der Waals surface area contributed by atoms with Crippen LogP contribution in [0.1, 0.15) is 10.5 Å². The molecule has 4 aromatic rings. The smallest absolute Gasteiger partial charge is 0.405 e. The number of carbonyl (C=O) groups is 1. The van der Waals surface area contributed by atoms with Crippen molar-refractivity contribution in [3.05, 3.63) is 71.2 Å². The molecule has 3 heterocycles. The first kappa shape index (κ1) is 19.1. The molecule has 0 radical (unpaired) electrons. The van der Waals surface area contributed by atoms with Crippen molar-refractivity contribution in [2.24, 2.45) is 0 Å². The Morgan fingerprint density at radius 3 is 2.77 bits per heavy atom. The first-order valence-corrected chi connectivity index (χ1v) is 8.36. The monoisotopic (exact) mass is 416 g/mol. The average Bonchev–Trinajstić information content (AvgIpc) is 3.09. The zero-order valence-corrected chi connectivity index (χ0v) is 14.8. The molecule has 3 aromatic heterocycles. The summed E-state index contributed by atoms with van der Waals surface area (Å²) in [6.45, 7) is 0. The number of aromatic amines is 1. The highest BCUT2D eigenvalue weighted by atomic mass is 19.4. The Morgan fingerprint density at radius 1 is 1.20 bits per heavy atom. The molecule has 1 aromatic carbocycles. The van der Waals surface area contributed by atoms with Crippen molar-refractivity contribution in [3.63, 3.8) is 0 Å². The second-order valence-electron chi connectivity index (χ2n) is 5.93. The van der Waals surface area contributed by atoms with Gasteiger partial charge in [-0.25, -0.2) is 14.5 Å². The Hall–Kier alpha value is -4.22. The highest BCUT2D eigenvalue weighted by molar-refractivity contribution is 6.04. The standard InChI is InChI=1S/C18H11F3N6O3/c19-18(20,21)30-14-4-2-1-3-10(14)11-5-6-27-16(25-11)13(8-24-27)26-17(29)12-7-15(28)23-9-22-12/h1-9H,(H,26,29)(H,22,23,28). The molecule has 30 heavy (non-hydrogen) atoms.